The SMILES string of the molecule is COCC1CCCCN1C(=O)c1cc2c(N[C@H](C)c3cccc(C(F)F)c3F)ncnc2n(C)c1=O.C[C@@H](Nc1ncnc2c1cc(C(=O)N1CC(N3CC(C)(C)C3)C1)c(=O)n2C)c1cccc(C(F)F)c1F.C[C@@H](Nc1ncnc2c1cc(C(=O)N1CCOC3(CCOC3)C1)c(=O)n2C)c1cccc(C(F)F)c1F.C[C@@H](Nc1ncnc2c1cc(C(=O)N1CC[C@]3(C)CCO[C@H]13)c(=O)n2C)c1cccc(C(F)F)c1F. The standard InChI is InChI=1S/C26H29F3N6O2.C25H26F3N5O4.C25H26F3N5O3.C25H28F3N5O3/c1-14(16-6-5-7-17(20(16)27)21(28)29)32-22-18-8-19(24(36)33(4)23(18)31-13-30-22)25(37)34-9-15(10-34)35-11-26(2,3)12-35;1-14(15-4-3-5-16(19(15)26)20(27)28)31-21-17-10-18(23(34)32(2)22(17)30-13-29-21)24(35)33-7-9-37-25(11-33)6-8-36-12-25;1-13(14-5-4-6-15(18(14)26)19(27)28)31-20-16-11-17(22(34)32(3)21(16)30-12-29-20)23(35)33-9-7-25(2)8-10-36-24(25)33;1-14(16-8-6-9-17(20(16)26)21(27)28)31-22-18-11-19(24(34)32(2)23(18)30-13-29-22)25(35)33-10-5-4-7-15(33)12-36-3/h5-8,13-15,21H,9-12H2,1-4H3,(H,30,31,32);3-5,10,13-14,20H,6-9,11-12H2,1-2H3,(H,29,30,31);4-6,11-13,19,24H,7-10H2,1-3H3,(H,29,30,31);6,8-9,11,13-15,21H,4-5,7,10,12H2,1-3H3,(H,29,30,31)/t14-;14-,25?;13-,24+,25-;14-,15?/m1111/s1. The van der Waals surface area contributed by atoms with Gasteiger partial charge in [0.15, 0.2) is 0 Å². The molecule has 0 bridgehead atoms. The van der Waals surface area contributed by atoms with Crippen molar-refractivity contribution in [2.24, 2.45) is 39.0 Å². The Balaban J connectivity index is 0.000000139. The Labute approximate surface area is 828 Å². The van der Waals surface area contributed by atoms with Gasteiger partial charge < -0.3 is 59.8 Å². The summed E-state index contributed by atoms with van der Waals surface area (Å²) in [5.41, 5.74) is -4.07. The second-order valence-corrected chi connectivity index (χ2v) is 38.7. The van der Waals surface area contributed by atoms with Crippen molar-refractivity contribution in [1.82, 2.24) is 82.6 Å². The summed E-state index contributed by atoms with van der Waals surface area (Å²) < 4.78 is 192. The number of fused-ring (bicyclic) bond motifs is 5. The summed E-state index contributed by atoms with van der Waals surface area (Å²) >= 11 is 0. The lowest BCUT2D eigenvalue weighted by molar-refractivity contribution is -0.0995. The highest BCUT2D eigenvalue weighted by atomic mass is 19.3. The van der Waals surface area contributed by atoms with Crippen LogP contribution in [0, 0.1) is 34.1 Å². The van der Waals surface area contributed by atoms with Gasteiger partial charge in [-0.2, -0.15) is 0 Å². The molecule has 4 N–H and O–H groups in total. The number of nitrogens with zero attached hydrogens (tertiary/aromatic N) is 17. The van der Waals surface area contributed by atoms with E-state index in [4.69, 9.17) is 18.9 Å². The molecule has 1 spiro atoms. The van der Waals surface area contributed by atoms with Gasteiger partial charge in [-0.05, 0) is 89.5 Å². The number of carbonyl (C=O) groups excluding carboxylic acids is 4. The van der Waals surface area contributed by atoms with Crippen LogP contribution in [0.15, 0.2) is 142 Å². The first-order chi connectivity index (χ1) is 69.5. The van der Waals surface area contributed by atoms with Gasteiger partial charge in [0, 0.05) is 134 Å². The number of amides is 4. The molecule has 33 nitrogen and oxygen atoms in total. The van der Waals surface area contributed by atoms with Gasteiger partial charge in [-0.15, -0.1) is 0 Å². The quantitative estimate of drug-likeness (QED) is 0.0432. The van der Waals surface area contributed by atoms with E-state index in [9.17, 15) is 91.0 Å². The van der Waals surface area contributed by atoms with Crippen molar-refractivity contribution in [2.45, 2.75) is 161 Å². The molecule has 774 valence electrons. The van der Waals surface area contributed by atoms with Crippen LogP contribution in [0.25, 0.3) is 44.1 Å². The van der Waals surface area contributed by atoms with Crippen LogP contribution in [0.3, 0.4) is 0 Å². The molecule has 45 heteroatoms. The van der Waals surface area contributed by atoms with Crippen LogP contribution in [0.4, 0.5) is 76.0 Å². The first-order valence-electron chi connectivity index (χ1n) is 47.5. The summed E-state index contributed by atoms with van der Waals surface area (Å²) in [7, 11) is 7.61. The Bertz CT molecular complexity index is 7260. The van der Waals surface area contributed by atoms with Crippen LogP contribution in [-0.2, 0) is 47.1 Å². The molecular formula is C101H109F12N21O12. The highest BCUT2D eigenvalue weighted by Crippen LogP contribution is 2.46. The van der Waals surface area contributed by atoms with Crippen LogP contribution in [0.1, 0.15) is 223 Å². The zero-order valence-electron chi connectivity index (χ0n) is 81.9. The summed E-state index contributed by atoms with van der Waals surface area (Å²) in [6.45, 7) is 19.9. The summed E-state index contributed by atoms with van der Waals surface area (Å²) in [5, 5.41) is 13.6. The predicted molar refractivity (Wildman–Crippen MR) is 516 cm³/mol. The topological polar surface area (TPSA) is 361 Å². The van der Waals surface area contributed by atoms with E-state index in [1.54, 1.807) is 54.4 Å². The number of hydrogen-bond acceptors (Lipinski definition) is 25. The van der Waals surface area contributed by atoms with Crippen molar-refractivity contribution in [3.8, 4) is 0 Å². The molecule has 15 heterocycles. The number of anilines is 4. The Morgan fingerprint density at radius 2 is 0.788 bits per heavy atom. The number of carbonyl (C=O) groups is 4. The van der Waals surface area contributed by atoms with E-state index in [0.29, 0.717) is 112 Å². The van der Waals surface area contributed by atoms with Gasteiger partial charge in [0.05, 0.1) is 100 Å². The number of hydrogen-bond donors (Lipinski definition) is 4. The van der Waals surface area contributed by atoms with Crippen LogP contribution >= 0.6 is 0 Å². The van der Waals surface area contributed by atoms with Crippen LogP contribution < -0.4 is 43.5 Å². The number of nitrogens with one attached hydrogen (secondary N) is 4. The van der Waals surface area contributed by atoms with E-state index in [0.717, 1.165) is 69.5 Å². The number of rotatable bonds is 23. The number of methoxy groups -OCH3 is 1. The Morgan fingerprint density at radius 3 is 1.14 bits per heavy atom. The molecule has 0 radical (unpaired) electrons. The van der Waals surface area contributed by atoms with Crippen LogP contribution in [0.2, 0.25) is 0 Å². The van der Waals surface area contributed by atoms with E-state index in [1.165, 1.54) is 145 Å². The number of ether oxygens (including phenoxy) is 4. The molecule has 7 saturated heterocycles. The van der Waals surface area contributed by atoms with Gasteiger partial charge in [0.1, 0.15) is 129 Å². The second-order valence-electron chi connectivity index (χ2n) is 38.7. The van der Waals surface area contributed by atoms with Crippen molar-refractivity contribution in [3.63, 3.8) is 0 Å². The van der Waals surface area contributed by atoms with Crippen molar-refractivity contribution >= 4 is 91.0 Å². The molecule has 7 aliphatic heterocycles. The number of piperidine rings is 1. The largest absolute Gasteiger partial charge is 0.383 e. The van der Waals surface area contributed by atoms with Gasteiger partial charge in [0.25, 0.3) is 71.6 Å². The third kappa shape index (κ3) is 20.9. The lowest BCUT2D eigenvalue weighted by Crippen LogP contribution is -2.68. The van der Waals surface area contributed by atoms with E-state index in [1.807, 2.05) is 0 Å². The number of likely N-dealkylation sites (tertiary alicyclic amines) is 4. The number of benzene rings is 4. The fourth-order valence-electron chi connectivity index (χ4n) is 20.0. The molecule has 8 atom stereocenters. The van der Waals surface area contributed by atoms with Gasteiger partial charge in [0.2, 0.25) is 0 Å². The molecule has 0 saturated carbocycles. The zero-order valence-corrected chi connectivity index (χ0v) is 81.9. The fraction of sp³-hybridized carbons (Fsp3) is 0.446. The number of aromatic nitrogens is 12. The monoisotopic (exact) mass is 2040 g/mol. The normalized spacial score (nSPS) is 19.6. The molecule has 7 aliphatic rings. The summed E-state index contributed by atoms with van der Waals surface area (Å²) in [4.78, 5) is 149. The average Bonchev–Trinajstić information content (AvgIpc) is 1.65. The summed E-state index contributed by atoms with van der Waals surface area (Å²) in [6.07, 6.45) is -2.34. The molecule has 8 aromatic heterocycles. The Morgan fingerprint density at radius 1 is 0.432 bits per heavy atom. The maximum Gasteiger partial charge on any atom is 0.266 e. The van der Waals surface area contributed by atoms with E-state index >= 15 is 0 Å². The van der Waals surface area contributed by atoms with Crippen molar-refractivity contribution in [2.75, 3.05) is 114 Å². The third-order valence-corrected chi connectivity index (χ3v) is 28.2. The second kappa shape index (κ2) is 43.0. The minimum Gasteiger partial charge on any atom is -0.383 e. The zero-order chi connectivity index (χ0) is 105. The Kier molecular flexibility index (Phi) is 30.9. The lowest BCUT2D eigenvalue weighted by Gasteiger charge is -2.55. The van der Waals surface area contributed by atoms with E-state index in [-0.39, 0.29) is 114 Å². The van der Waals surface area contributed by atoms with Crippen LogP contribution in [0.5, 0.6) is 0 Å². The lowest BCUT2D eigenvalue weighted by atomic mass is 9.82. The smallest absolute Gasteiger partial charge is 0.266 e. The van der Waals surface area contributed by atoms with Gasteiger partial charge in [-0.1, -0.05) is 93.6 Å². The number of morpholine rings is 1. The first-order valence-corrected chi connectivity index (χ1v) is 47.5. The molecule has 146 heavy (non-hydrogen) atoms. The molecule has 12 aromatic rings. The van der Waals surface area contributed by atoms with Crippen molar-refractivity contribution < 1.29 is 90.8 Å². The summed E-state index contributed by atoms with van der Waals surface area (Å²) in [5.74, 6) is -4.68. The molecule has 0 aliphatic carbocycles. The minimum atomic E-state index is -2.95. The average molecular weight is 2040 g/mol. The van der Waals surface area contributed by atoms with Crippen molar-refractivity contribution in [3.05, 3.63) is 254 Å². The number of pyridine rings is 4. The summed E-state index contributed by atoms with van der Waals surface area (Å²) in [6, 6.07) is 18.3. The van der Waals surface area contributed by atoms with Crippen LogP contribution in [-0.4, -0.2) is 223 Å². The van der Waals surface area contributed by atoms with E-state index in [2.05, 4.69) is 86.8 Å². The molecule has 4 amide bonds. The number of alkyl halides is 8. The maximum absolute atomic E-state index is 14.7. The fourth-order valence-corrected chi connectivity index (χ4v) is 20.0. The van der Waals surface area contributed by atoms with Crippen molar-refractivity contribution in [1.29, 1.82) is 0 Å². The minimum absolute atomic E-state index is 0.00577. The molecular weight excluding hydrogens is 1930 g/mol. The number of halogens is 12. The third-order valence-electron chi connectivity index (χ3n) is 28.2. The number of aryl methyl sites for hydroxylation is 4. The predicted octanol–water partition coefficient (Wildman–Crippen LogP) is 15.4. The van der Waals surface area contributed by atoms with Gasteiger partial charge in [-0.25, -0.2) is 92.6 Å². The maximum atomic E-state index is 14.7. The Hall–Kier alpha value is -13.9. The van der Waals surface area contributed by atoms with Gasteiger partial charge >= 0.3 is 0 Å². The molecule has 7 fully saturated rings. The molecule has 19 rings (SSSR count). The molecule has 4 aromatic carbocycles. The van der Waals surface area contributed by atoms with E-state index < -0.39 is 141 Å². The first kappa shape index (κ1) is 105. The molecule has 2 unspecified atom stereocenters. The highest BCUT2D eigenvalue weighted by Gasteiger charge is 2.52. The highest BCUT2D eigenvalue weighted by molar-refractivity contribution is 6.03. The van der Waals surface area contributed by atoms with Gasteiger partial charge in [-0.3, -0.25) is 61.5 Å².